The molecule has 0 radical (unpaired) electrons. The molecule has 9 heteroatoms. The van der Waals surface area contributed by atoms with E-state index in [-0.39, 0.29) is 51.8 Å². The average molecular weight is 703 g/mol. The number of morpholine rings is 1. The van der Waals surface area contributed by atoms with Gasteiger partial charge in [-0.2, -0.15) is 0 Å². The molecular formula is C33H55IN2O6. The lowest BCUT2D eigenvalue weighted by Gasteiger charge is -2.63. The molecule has 2 saturated heterocycles. The van der Waals surface area contributed by atoms with Crippen LogP contribution in [0.4, 0.5) is 0 Å². The van der Waals surface area contributed by atoms with Gasteiger partial charge in [0, 0.05) is 29.4 Å². The quantitative estimate of drug-likeness (QED) is 0.257. The average Bonchev–Trinajstić information content (AvgIpc) is 3.54. The fourth-order valence-electron chi connectivity index (χ4n) is 12.7. The standard InChI is InChI=1S/C33H55IN2O6/c1-18-15-19(26(37)29(4,5)39)41-25-24(18)30(6)11-12-32-17-31(32)10-9-22(42-23-16-36(34)13-14-40-23)28(2,3)20(31)7-8-21(32)33(30,35)27(25)38/h18-27,37-39H,7-17,35H2,1-6H3/t18-,19?,20+,21?,22?,23+,24+,25?,26?,27+,30?,31?,32?,33+/m1/s1. The molecule has 7 aliphatic rings. The maximum absolute atomic E-state index is 12.2. The zero-order valence-corrected chi connectivity index (χ0v) is 28.7. The van der Waals surface area contributed by atoms with Crippen LogP contribution in [0.2, 0.25) is 0 Å². The third-order valence-corrected chi connectivity index (χ3v) is 15.5. The molecule has 5 N–H and O–H groups in total. The topological polar surface area (TPSA) is 118 Å². The smallest absolute Gasteiger partial charge is 0.171 e. The fourth-order valence-corrected chi connectivity index (χ4v) is 13.2. The highest BCUT2D eigenvalue weighted by Gasteiger charge is 2.85. The Kier molecular flexibility index (Phi) is 7.18. The number of aliphatic hydroxyl groups is 3. The van der Waals surface area contributed by atoms with Gasteiger partial charge in [0.1, 0.15) is 6.10 Å². The summed E-state index contributed by atoms with van der Waals surface area (Å²) in [6.45, 7) is 15.2. The fraction of sp³-hybridized carbons (Fsp3) is 1.00. The minimum Gasteiger partial charge on any atom is -0.388 e. The molecule has 2 heterocycles. The van der Waals surface area contributed by atoms with Crippen LogP contribution in [-0.4, -0.2) is 86.1 Å². The largest absolute Gasteiger partial charge is 0.388 e. The highest BCUT2D eigenvalue weighted by Crippen LogP contribution is 2.87. The summed E-state index contributed by atoms with van der Waals surface area (Å²) in [5.41, 5.74) is 5.97. The van der Waals surface area contributed by atoms with Crippen molar-refractivity contribution in [2.45, 2.75) is 141 Å². The summed E-state index contributed by atoms with van der Waals surface area (Å²) in [6.07, 6.45) is 5.79. The number of rotatable bonds is 4. The minimum atomic E-state index is -1.27. The van der Waals surface area contributed by atoms with E-state index in [1.807, 2.05) is 0 Å². The second kappa shape index (κ2) is 9.72. The molecule has 8 nitrogen and oxygen atoms in total. The Morgan fingerprint density at radius 3 is 2.45 bits per heavy atom. The number of halogens is 1. The van der Waals surface area contributed by atoms with Crippen LogP contribution < -0.4 is 5.73 Å². The molecule has 7 rings (SSSR count). The molecule has 2 spiro atoms. The van der Waals surface area contributed by atoms with Crippen LogP contribution in [0.1, 0.15) is 92.9 Å². The first kappa shape index (κ1) is 31.0. The van der Waals surface area contributed by atoms with Gasteiger partial charge in [0.15, 0.2) is 6.29 Å². The van der Waals surface area contributed by atoms with Crippen molar-refractivity contribution in [1.29, 1.82) is 0 Å². The first-order valence-corrected chi connectivity index (χ1v) is 17.7. The van der Waals surface area contributed by atoms with Gasteiger partial charge in [-0.3, -0.25) is 0 Å². The number of nitrogens with two attached hydrogens (primary N) is 1. The number of hydrogen-bond donors (Lipinski definition) is 4. The van der Waals surface area contributed by atoms with Gasteiger partial charge in [-0.25, -0.2) is 3.11 Å². The van der Waals surface area contributed by atoms with E-state index in [1.165, 1.54) is 19.3 Å². The zero-order chi connectivity index (χ0) is 30.3. The van der Waals surface area contributed by atoms with E-state index >= 15 is 0 Å². The van der Waals surface area contributed by atoms with Crippen molar-refractivity contribution in [2.24, 2.45) is 51.1 Å². The van der Waals surface area contributed by atoms with Gasteiger partial charge in [-0.05, 0) is 111 Å². The van der Waals surface area contributed by atoms with Crippen molar-refractivity contribution in [3.8, 4) is 0 Å². The lowest BCUT2D eigenvalue weighted by Crippen LogP contribution is -2.70. The molecule has 0 amide bonds. The van der Waals surface area contributed by atoms with Crippen LogP contribution in [-0.2, 0) is 14.2 Å². The normalized spacial score (nSPS) is 55.9. The van der Waals surface area contributed by atoms with Gasteiger partial charge < -0.3 is 35.3 Å². The molecular weight excluding hydrogens is 647 g/mol. The van der Waals surface area contributed by atoms with Crippen molar-refractivity contribution in [2.75, 3.05) is 19.7 Å². The molecule has 0 bridgehead atoms. The Hall–Kier alpha value is 0.410. The summed E-state index contributed by atoms with van der Waals surface area (Å²) in [4.78, 5) is 0. The molecule has 8 unspecified atom stereocenters. The molecule has 0 aromatic rings. The van der Waals surface area contributed by atoms with Gasteiger partial charge in [0.05, 0.1) is 48.7 Å². The van der Waals surface area contributed by atoms with Gasteiger partial charge in [-0.1, -0.05) is 27.7 Å². The third-order valence-electron chi connectivity index (χ3n) is 14.6. The Balaban J connectivity index is 1.15. The molecule has 5 aliphatic carbocycles. The van der Waals surface area contributed by atoms with E-state index in [4.69, 9.17) is 19.9 Å². The number of nitrogens with zero attached hydrogens (tertiary/aromatic N) is 1. The maximum Gasteiger partial charge on any atom is 0.171 e. The van der Waals surface area contributed by atoms with E-state index in [1.54, 1.807) is 13.8 Å². The van der Waals surface area contributed by atoms with E-state index in [2.05, 4.69) is 53.7 Å². The summed E-state index contributed by atoms with van der Waals surface area (Å²) in [7, 11) is 0. The number of hydrogen-bond acceptors (Lipinski definition) is 8. The number of ether oxygens (including phenoxy) is 3. The van der Waals surface area contributed by atoms with Crippen LogP contribution in [0, 0.1) is 45.3 Å². The first-order valence-electron chi connectivity index (χ1n) is 16.7. The highest BCUT2D eigenvalue weighted by molar-refractivity contribution is 14.1. The molecule has 0 aromatic carbocycles. The van der Waals surface area contributed by atoms with E-state index in [0.29, 0.717) is 12.3 Å². The number of fused-ring (bicyclic) bond motifs is 4. The van der Waals surface area contributed by atoms with Crippen LogP contribution in [0.5, 0.6) is 0 Å². The molecule has 7 fully saturated rings. The molecule has 5 saturated carbocycles. The molecule has 14 atom stereocenters. The molecule has 240 valence electrons. The van der Waals surface area contributed by atoms with Crippen molar-refractivity contribution >= 4 is 22.9 Å². The van der Waals surface area contributed by atoms with Crippen LogP contribution in [0.3, 0.4) is 0 Å². The lowest BCUT2D eigenvalue weighted by atomic mass is 9.43. The second-order valence-electron chi connectivity index (χ2n) is 17.1. The van der Waals surface area contributed by atoms with Crippen molar-refractivity contribution < 1.29 is 29.5 Å². The highest BCUT2D eigenvalue weighted by atomic mass is 127. The Labute approximate surface area is 266 Å². The van der Waals surface area contributed by atoms with Gasteiger partial charge >= 0.3 is 0 Å². The maximum atomic E-state index is 12.2. The Morgan fingerprint density at radius 2 is 1.76 bits per heavy atom. The van der Waals surface area contributed by atoms with E-state index in [9.17, 15) is 15.3 Å². The Morgan fingerprint density at radius 1 is 1.07 bits per heavy atom. The summed E-state index contributed by atoms with van der Waals surface area (Å²) in [5.74, 6) is 1.22. The van der Waals surface area contributed by atoms with Crippen molar-refractivity contribution in [3.63, 3.8) is 0 Å². The summed E-state index contributed by atoms with van der Waals surface area (Å²) < 4.78 is 21.6. The van der Waals surface area contributed by atoms with Crippen molar-refractivity contribution in [3.05, 3.63) is 0 Å². The lowest BCUT2D eigenvalue weighted by molar-refractivity contribution is -0.239. The second-order valence-corrected chi connectivity index (χ2v) is 18.5. The third kappa shape index (κ3) is 3.93. The molecule has 0 aromatic heterocycles. The van der Waals surface area contributed by atoms with E-state index < -0.39 is 35.6 Å². The summed E-state index contributed by atoms with van der Waals surface area (Å²) in [6, 6.07) is 0. The predicted molar refractivity (Wildman–Crippen MR) is 167 cm³/mol. The molecule has 42 heavy (non-hydrogen) atoms. The van der Waals surface area contributed by atoms with Crippen LogP contribution in [0.25, 0.3) is 0 Å². The molecule has 2 aliphatic heterocycles. The SMILES string of the molecule is C[C@@H]1CC(C(O)C(C)(C)O)OC2[C@H]1C1(C)CCC34CC35CCC(O[C@H]3CN(I)CCO3)C(C)(C)[C@@H]5CCC4[C@]1(N)[C@H]2O. The zero-order valence-electron chi connectivity index (χ0n) is 26.5. The monoisotopic (exact) mass is 702 g/mol. The first-order chi connectivity index (χ1) is 19.5. The summed E-state index contributed by atoms with van der Waals surface area (Å²) in [5, 5.41) is 33.8. The van der Waals surface area contributed by atoms with Crippen LogP contribution >= 0.6 is 22.9 Å². The van der Waals surface area contributed by atoms with Gasteiger partial charge in [0.2, 0.25) is 0 Å². The van der Waals surface area contributed by atoms with Crippen LogP contribution in [0.15, 0.2) is 0 Å². The minimum absolute atomic E-state index is 0.0481. The Bertz CT molecular complexity index is 1090. The van der Waals surface area contributed by atoms with Crippen molar-refractivity contribution in [1.82, 2.24) is 3.11 Å². The van der Waals surface area contributed by atoms with E-state index in [0.717, 1.165) is 45.4 Å². The van der Waals surface area contributed by atoms with Gasteiger partial charge in [-0.15, -0.1) is 0 Å². The predicted octanol–water partition coefficient (Wildman–Crippen LogP) is 4.02. The summed E-state index contributed by atoms with van der Waals surface area (Å²) >= 11 is 2.38. The number of aliphatic hydroxyl groups excluding tert-OH is 2. The van der Waals surface area contributed by atoms with Gasteiger partial charge in [0.25, 0.3) is 0 Å².